The van der Waals surface area contributed by atoms with E-state index in [9.17, 15) is 0 Å². The Morgan fingerprint density at radius 2 is 2.00 bits per heavy atom. The van der Waals surface area contributed by atoms with Crippen LogP contribution in [0, 0.1) is 16.7 Å². The normalized spacial score (nSPS) is 13.4. The van der Waals surface area contributed by atoms with Crippen LogP contribution in [0.3, 0.4) is 0 Å². The van der Waals surface area contributed by atoms with Crippen molar-refractivity contribution in [2.45, 2.75) is 58.9 Å². The number of nitriles is 1. The quantitative estimate of drug-likeness (QED) is 0.594. The molecule has 0 bridgehead atoms. The van der Waals surface area contributed by atoms with E-state index in [0.717, 1.165) is 38.6 Å². The van der Waals surface area contributed by atoms with E-state index < -0.39 is 0 Å². The van der Waals surface area contributed by atoms with Crippen molar-refractivity contribution < 1.29 is 5.11 Å². The fourth-order valence-electron chi connectivity index (χ4n) is 1.60. The van der Waals surface area contributed by atoms with Gasteiger partial charge < -0.3 is 10.4 Å². The molecule has 0 aromatic rings. The Balaban J connectivity index is 3.37. The van der Waals surface area contributed by atoms with E-state index in [1.54, 1.807) is 0 Å². The Bertz CT molecular complexity index is 208. The summed E-state index contributed by atoms with van der Waals surface area (Å²) in [5, 5.41) is 21.0. The van der Waals surface area contributed by atoms with E-state index >= 15 is 0 Å². The maximum atomic E-state index is 8.85. The van der Waals surface area contributed by atoms with E-state index in [1.807, 2.05) is 13.8 Å². The average Bonchev–Trinajstić information content (AvgIpc) is 2.25. The van der Waals surface area contributed by atoms with Crippen molar-refractivity contribution in [3.05, 3.63) is 0 Å². The Kier molecular flexibility index (Phi) is 8.23. The van der Waals surface area contributed by atoms with Crippen molar-refractivity contribution >= 4 is 0 Å². The Morgan fingerprint density at radius 3 is 2.56 bits per heavy atom. The molecule has 0 aromatic carbocycles. The van der Waals surface area contributed by atoms with Crippen LogP contribution < -0.4 is 5.32 Å². The van der Waals surface area contributed by atoms with Crippen LogP contribution in [-0.2, 0) is 0 Å². The molecule has 0 fully saturated rings. The number of aliphatic hydroxyl groups is 1. The molecule has 0 aliphatic heterocycles. The molecule has 0 spiro atoms. The van der Waals surface area contributed by atoms with Crippen molar-refractivity contribution in [1.82, 2.24) is 5.32 Å². The highest BCUT2D eigenvalue weighted by Crippen LogP contribution is 2.21. The third-order valence-electron chi connectivity index (χ3n) is 2.82. The molecule has 0 aromatic heterocycles. The van der Waals surface area contributed by atoms with Crippen LogP contribution in [0.25, 0.3) is 0 Å². The lowest BCUT2D eigenvalue weighted by Crippen LogP contribution is -2.27. The van der Waals surface area contributed by atoms with Crippen molar-refractivity contribution in [3.63, 3.8) is 0 Å². The van der Waals surface area contributed by atoms with Gasteiger partial charge in [0.05, 0.1) is 11.5 Å². The highest BCUT2D eigenvalue weighted by molar-refractivity contribution is 4.91. The van der Waals surface area contributed by atoms with Crippen molar-refractivity contribution in [2.75, 3.05) is 13.2 Å². The van der Waals surface area contributed by atoms with Crippen molar-refractivity contribution in [3.8, 4) is 6.07 Å². The Morgan fingerprint density at radius 1 is 1.31 bits per heavy atom. The van der Waals surface area contributed by atoms with Gasteiger partial charge in [0.15, 0.2) is 0 Å². The van der Waals surface area contributed by atoms with Gasteiger partial charge in [-0.15, -0.1) is 0 Å². The molecule has 0 saturated carbocycles. The van der Waals surface area contributed by atoms with Gasteiger partial charge in [-0.2, -0.15) is 5.26 Å². The molecular formula is C13H26N2O. The number of aliphatic hydroxyl groups excluding tert-OH is 1. The second-order valence-corrected chi connectivity index (χ2v) is 5.17. The van der Waals surface area contributed by atoms with Crippen LogP contribution in [0.2, 0.25) is 0 Å². The zero-order valence-corrected chi connectivity index (χ0v) is 10.9. The topological polar surface area (TPSA) is 56.0 Å². The summed E-state index contributed by atoms with van der Waals surface area (Å²) in [5.74, 6) is 0. The molecule has 94 valence electrons. The van der Waals surface area contributed by atoms with E-state index in [4.69, 9.17) is 10.4 Å². The summed E-state index contributed by atoms with van der Waals surface area (Å²) in [6.45, 7) is 7.42. The highest BCUT2D eigenvalue weighted by Gasteiger charge is 2.15. The third-order valence-corrected chi connectivity index (χ3v) is 2.82. The van der Waals surface area contributed by atoms with E-state index in [0.29, 0.717) is 6.04 Å². The average molecular weight is 226 g/mol. The monoisotopic (exact) mass is 226 g/mol. The summed E-state index contributed by atoms with van der Waals surface area (Å²) in [5.41, 5.74) is -0.178. The molecule has 2 N–H and O–H groups in total. The minimum absolute atomic E-state index is 0.178. The molecule has 0 saturated heterocycles. The fraction of sp³-hybridized carbons (Fsp3) is 0.923. The molecule has 0 rings (SSSR count). The van der Waals surface area contributed by atoms with Crippen LogP contribution in [0.4, 0.5) is 0 Å². The first-order valence-electron chi connectivity index (χ1n) is 6.27. The van der Waals surface area contributed by atoms with E-state index in [-0.39, 0.29) is 12.0 Å². The number of nitrogens with one attached hydrogen (secondary N) is 1. The molecule has 0 radical (unpaired) electrons. The lowest BCUT2D eigenvalue weighted by Gasteiger charge is -2.16. The van der Waals surface area contributed by atoms with Crippen LogP contribution in [0.15, 0.2) is 0 Å². The number of hydrogen-bond donors (Lipinski definition) is 2. The fourth-order valence-corrected chi connectivity index (χ4v) is 1.60. The summed E-state index contributed by atoms with van der Waals surface area (Å²) in [7, 11) is 0. The summed E-state index contributed by atoms with van der Waals surface area (Å²) in [6, 6.07) is 2.80. The second-order valence-electron chi connectivity index (χ2n) is 5.17. The Hall–Kier alpha value is -0.590. The van der Waals surface area contributed by atoms with Gasteiger partial charge in [-0.25, -0.2) is 0 Å². The highest BCUT2D eigenvalue weighted by atomic mass is 16.2. The van der Waals surface area contributed by atoms with Gasteiger partial charge in [-0.1, -0.05) is 6.42 Å². The van der Waals surface area contributed by atoms with E-state index in [2.05, 4.69) is 18.3 Å². The van der Waals surface area contributed by atoms with Gasteiger partial charge in [-0.3, -0.25) is 0 Å². The summed E-state index contributed by atoms with van der Waals surface area (Å²) in [4.78, 5) is 0. The Labute approximate surface area is 99.9 Å². The molecule has 1 atom stereocenters. The smallest absolute Gasteiger partial charge is 0.0683 e. The molecule has 0 heterocycles. The molecule has 0 aliphatic rings. The minimum Gasteiger partial charge on any atom is -0.396 e. The number of hydrogen-bond acceptors (Lipinski definition) is 3. The van der Waals surface area contributed by atoms with E-state index in [1.165, 1.54) is 0 Å². The SMILES string of the molecule is CC(CCCO)NCCCCC(C)(C)C#N. The molecule has 16 heavy (non-hydrogen) atoms. The predicted octanol–water partition coefficient (Wildman–Crippen LogP) is 2.46. The molecule has 3 heteroatoms. The van der Waals surface area contributed by atoms with Crippen LogP contribution in [0.1, 0.15) is 52.9 Å². The van der Waals surface area contributed by atoms with Gasteiger partial charge >= 0.3 is 0 Å². The summed E-state index contributed by atoms with van der Waals surface area (Å²) in [6.07, 6.45) is 5.08. The molecule has 3 nitrogen and oxygen atoms in total. The van der Waals surface area contributed by atoms with Gasteiger partial charge in [0, 0.05) is 12.6 Å². The second kappa shape index (κ2) is 8.55. The first-order valence-corrected chi connectivity index (χ1v) is 6.27. The van der Waals surface area contributed by atoms with Crippen molar-refractivity contribution in [2.24, 2.45) is 5.41 Å². The van der Waals surface area contributed by atoms with Gasteiger partial charge in [-0.05, 0) is 53.0 Å². The third kappa shape index (κ3) is 8.70. The maximum absolute atomic E-state index is 8.85. The lowest BCUT2D eigenvalue weighted by atomic mass is 9.89. The first-order chi connectivity index (χ1) is 7.52. The van der Waals surface area contributed by atoms with Gasteiger partial charge in [0.25, 0.3) is 0 Å². The zero-order valence-electron chi connectivity index (χ0n) is 10.9. The molecule has 0 amide bonds. The molecule has 1 unspecified atom stereocenters. The summed E-state index contributed by atoms with van der Waals surface area (Å²) < 4.78 is 0. The molecule has 0 aliphatic carbocycles. The van der Waals surface area contributed by atoms with Crippen molar-refractivity contribution in [1.29, 1.82) is 5.26 Å². The molecular weight excluding hydrogens is 200 g/mol. The largest absolute Gasteiger partial charge is 0.396 e. The van der Waals surface area contributed by atoms with Gasteiger partial charge in [0.2, 0.25) is 0 Å². The zero-order chi connectivity index (χ0) is 12.4. The van der Waals surface area contributed by atoms with Crippen LogP contribution >= 0.6 is 0 Å². The summed E-state index contributed by atoms with van der Waals surface area (Å²) >= 11 is 0. The first kappa shape index (κ1) is 15.4. The van der Waals surface area contributed by atoms with Crippen LogP contribution in [0.5, 0.6) is 0 Å². The minimum atomic E-state index is -0.178. The number of unbranched alkanes of at least 4 members (excludes halogenated alkanes) is 1. The predicted molar refractivity (Wildman–Crippen MR) is 67.0 cm³/mol. The van der Waals surface area contributed by atoms with Gasteiger partial charge in [0.1, 0.15) is 0 Å². The maximum Gasteiger partial charge on any atom is 0.0683 e. The number of nitrogens with zero attached hydrogens (tertiary/aromatic N) is 1. The lowest BCUT2D eigenvalue weighted by molar-refractivity contribution is 0.276. The number of rotatable bonds is 9. The standard InChI is InChI=1S/C13H26N2O/c1-12(7-6-10-16)15-9-5-4-8-13(2,3)11-14/h12,15-16H,4-10H2,1-3H3. The van der Waals surface area contributed by atoms with Crippen LogP contribution in [-0.4, -0.2) is 24.3 Å².